The third-order valence-corrected chi connectivity index (χ3v) is 5.00. The van der Waals surface area contributed by atoms with Crippen molar-refractivity contribution in [3.05, 3.63) is 65.7 Å². The van der Waals surface area contributed by atoms with Gasteiger partial charge in [0.15, 0.2) is 0 Å². The Labute approximate surface area is 151 Å². The zero-order valence-corrected chi connectivity index (χ0v) is 14.2. The van der Waals surface area contributed by atoms with Crippen LogP contribution in [0.15, 0.2) is 54.6 Å². The van der Waals surface area contributed by atoms with Crippen LogP contribution in [0.4, 0.5) is 5.69 Å². The SMILES string of the molecule is O=C1CCCN1C1(C(=O)NCc2ccccc2)C(=O)Nc2ccccc21. The molecule has 0 aliphatic carbocycles. The average Bonchev–Trinajstić information content (AvgIpc) is 3.21. The van der Waals surface area contributed by atoms with Gasteiger partial charge in [0.2, 0.25) is 11.4 Å². The second-order valence-corrected chi connectivity index (χ2v) is 6.53. The molecule has 4 rings (SSSR count). The van der Waals surface area contributed by atoms with Crippen LogP contribution >= 0.6 is 0 Å². The Hall–Kier alpha value is -3.15. The van der Waals surface area contributed by atoms with Gasteiger partial charge in [-0.2, -0.15) is 0 Å². The summed E-state index contributed by atoms with van der Waals surface area (Å²) in [4.78, 5) is 40.1. The number of carbonyl (C=O) groups is 3. The van der Waals surface area contributed by atoms with Crippen molar-refractivity contribution >= 4 is 23.4 Å². The van der Waals surface area contributed by atoms with Gasteiger partial charge in [-0.05, 0) is 18.1 Å². The van der Waals surface area contributed by atoms with E-state index in [0.717, 1.165) is 5.56 Å². The van der Waals surface area contributed by atoms with Crippen molar-refractivity contribution in [1.29, 1.82) is 0 Å². The molecule has 26 heavy (non-hydrogen) atoms. The second kappa shape index (κ2) is 6.29. The van der Waals surface area contributed by atoms with Gasteiger partial charge in [0.1, 0.15) is 0 Å². The lowest BCUT2D eigenvalue weighted by Gasteiger charge is -2.35. The summed E-state index contributed by atoms with van der Waals surface area (Å²) >= 11 is 0. The fraction of sp³-hybridized carbons (Fsp3) is 0.250. The van der Waals surface area contributed by atoms with Crippen LogP contribution in [0.25, 0.3) is 0 Å². The number of likely N-dealkylation sites (tertiary alicyclic amines) is 1. The van der Waals surface area contributed by atoms with E-state index in [-0.39, 0.29) is 5.91 Å². The molecule has 2 N–H and O–H groups in total. The largest absolute Gasteiger partial charge is 0.349 e. The van der Waals surface area contributed by atoms with Crippen LogP contribution < -0.4 is 10.6 Å². The van der Waals surface area contributed by atoms with Crippen LogP contribution in [0.3, 0.4) is 0 Å². The van der Waals surface area contributed by atoms with Gasteiger partial charge in [-0.1, -0.05) is 48.5 Å². The molecule has 0 aromatic heterocycles. The first-order valence-electron chi connectivity index (χ1n) is 8.67. The van der Waals surface area contributed by atoms with E-state index in [1.807, 2.05) is 30.3 Å². The van der Waals surface area contributed by atoms with E-state index in [0.29, 0.717) is 37.2 Å². The van der Waals surface area contributed by atoms with Crippen LogP contribution in [0.1, 0.15) is 24.0 Å². The lowest BCUT2D eigenvalue weighted by Crippen LogP contribution is -2.60. The lowest BCUT2D eigenvalue weighted by atomic mass is 9.88. The van der Waals surface area contributed by atoms with Crippen LogP contribution in [0.5, 0.6) is 0 Å². The van der Waals surface area contributed by atoms with Gasteiger partial charge in [-0.25, -0.2) is 0 Å². The standard InChI is InChI=1S/C20H19N3O3/c24-17-11-6-12-23(17)20(15-9-4-5-10-16(15)22-19(20)26)18(25)21-13-14-7-2-1-3-8-14/h1-5,7-10H,6,11-13H2,(H,21,25)(H,22,26). The Bertz CT molecular complexity index is 881. The number of fused-ring (bicyclic) bond motifs is 1. The monoisotopic (exact) mass is 349 g/mol. The van der Waals surface area contributed by atoms with Crippen molar-refractivity contribution in [3.8, 4) is 0 Å². The van der Waals surface area contributed by atoms with Gasteiger partial charge < -0.3 is 15.5 Å². The molecule has 2 heterocycles. The highest BCUT2D eigenvalue weighted by atomic mass is 16.2. The van der Waals surface area contributed by atoms with Crippen molar-refractivity contribution in [3.63, 3.8) is 0 Å². The van der Waals surface area contributed by atoms with Crippen molar-refractivity contribution in [2.75, 3.05) is 11.9 Å². The Morgan fingerprint density at radius 1 is 1.08 bits per heavy atom. The summed E-state index contributed by atoms with van der Waals surface area (Å²) in [5.41, 5.74) is 0.396. The number of rotatable bonds is 4. The molecule has 1 saturated heterocycles. The molecular formula is C20H19N3O3. The summed E-state index contributed by atoms with van der Waals surface area (Å²) < 4.78 is 0. The predicted octanol–water partition coefficient (Wildman–Crippen LogP) is 1.77. The fourth-order valence-electron chi connectivity index (χ4n) is 3.77. The number of nitrogens with zero attached hydrogens (tertiary/aromatic N) is 1. The molecule has 1 atom stereocenters. The summed E-state index contributed by atoms with van der Waals surface area (Å²) in [7, 11) is 0. The van der Waals surface area contributed by atoms with Crippen LogP contribution in [0, 0.1) is 0 Å². The molecule has 2 aliphatic heterocycles. The Morgan fingerprint density at radius 2 is 1.81 bits per heavy atom. The van der Waals surface area contributed by atoms with Gasteiger partial charge in [0.25, 0.3) is 11.8 Å². The molecule has 6 nitrogen and oxygen atoms in total. The number of carbonyl (C=O) groups excluding carboxylic acids is 3. The van der Waals surface area contributed by atoms with E-state index in [4.69, 9.17) is 0 Å². The smallest absolute Gasteiger partial charge is 0.265 e. The number of hydrogen-bond acceptors (Lipinski definition) is 3. The highest BCUT2D eigenvalue weighted by Crippen LogP contribution is 2.42. The number of benzene rings is 2. The molecule has 3 amide bonds. The number of para-hydroxylation sites is 1. The van der Waals surface area contributed by atoms with E-state index >= 15 is 0 Å². The Kier molecular flexibility index (Phi) is 3.95. The van der Waals surface area contributed by atoms with Crippen molar-refractivity contribution in [1.82, 2.24) is 10.2 Å². The van der Waals surface area contributed by atoms with E-state index in [1.165, 1.54) is 4.90 Å². The van der Waals surface area contributed by atoms with Crippen LogP contribution in [-0.2, 0) is 26.5 Å². The van der Waals surface area contributed by atoms with Gasteiger partial charge in [-0.3, -0.25) is 14.4 Å². The topological polar surface area (TPSA) is 78.5 Å². The fourth-order valence-corrected chi connectivity index (χ4v) is 3.77. The molecular weight excluding hydrogens is 330 g/mol. The summed E-state index contributed by atoms with van der Waals surface area (Å²) in [6.07, 6.45) is 0.991. The molecule has 0 saturated carbocycles. The van der Waals surface area contributed by atoms with Crippen molar-refractivity contribution < 1.29 is 14.4 Å². The van der Waals surface area contributed by atoms with E-state index in [9.17, 15) is 14.4 Å². The first-order chi connectivity index (χ1) is 12.6. The minimum Gasteiger partial charge on any atom is -0.349 e. The maximum Gasteiger partial charge on any atom is 0.265 e. The first kappa shape index (κ1) is 16.3. The third kappa shape index (κ3) is 2.37. The molecule has 2 aromatic carbocycles. The highest BCUT2D eigenvalue weighted by Gasteiger charge is 2.59. The van der Waals surface area contributed by atoms with E-state index in [1.54, 1.807) is 24.3 Å². The number of nitrogens with one attached hydrogen (secondary N) is 2. The van der Waals surface area contributed by atoms with Gasteiger partial charge in [0.05, 0.1) is 0 Å². The minimum atomic E-state index is -1.64. The van der Waals surface area contributed by atoms with Gasteiger partial charge >= 0.3 is 0 Å². The van der Waals surface area contributed by atoms with E-state index in [2.05, 4.69) is 10.6 Å². The zero-order valence-electron chi connectivity index (χ0n) is 14.2. The minimum absolute atomic E-state index is 0.174. The molecule has 0 radical (unpaired) electrons. The summed E-state index contributed by atoms with van der Waals surface area (Å²) in [5, 5.41) is 5.63. The summed E-state index contributed by atoms with van der Waals surface area (Å²) in [6.45, 7) is 0.679. The Morgan fingerprint density at radius 3 is 2.54 bits per heavy atom. The first-order valence-corrected chi connectivity index (χ1v) is 8.67. The van der Waals surface area contributed by atoms with Crippen molar-refractivity contribution in [2.45, 2.75) is 24.9 Å². The molecule has 6 heteroatoms. The van der Waals surface area contributed by atoms with E-state index < -0.39 is 17.4 Å². The molecule has 1 fully saturated rings. The average molecular weight is 349 g/mol. The second-order valence-electron chi connectivity index (χ2n) is 6.53. The highest BCUT2D eigenvalue weighted by molar-refractivity contribution is 6.21. The van der Waals surface area contributed by atoms with Crippen molar-refractivity contribution in [2.24, 2.45) is 0 Å². The normalized spacial score (nSPS) is 21.5. The van der Waals surface area contributed by atoms with Crippen LogP contribution in [0.2, 0.25) is 0 Å². The molecule has 1 unspecified atom stereocenters. The number of hydrogen-bond donors (Lipinski definition) is 2. The lowest BCUT2D eigenvalue weighted by molar-refractivity contribution is -0.152. The zero-order chi connectivity index (χ0) is 18.1. The maximum absolute atomic E-state index is 13.3. The molecule has 0 bridgehead atoms. The molecule has 2 aromatic rings. The number of anilines is 1. The predicted molar refractivity (Wildman–Crippen MR) is 96.0 cm³/mol. The number of amides is 3. The van der Waals surface area contributed by atoms with Gasteiger partial charge in [0, 0.05) is 30.8 Å². The quantitative estimate of drug-likeness (QED) is 0.826. The third-order valence-electron chi connectivity index (χ3n) is 5.00. The summed E-state index contributed by atoms with van der Waals surface area (Å²) in [6, 6.07) is 16.5. The molecule has 132 valence electrons. The summed E-state index contributed by atoms with van der Waals surface area (Å²) in [5.74, 6) is -1.12. The molecule has 2 aliphatic rings. The Balaban J connectivity index is 1.73. The van der Waals surface area contributed by atoms with Gasteiger partial charge in [-0.15, -0.1) is 0 Å². The molecule has 0 spiro atoms. The maximum atomic E-state index is 13.3. The van der Waals surface area contributed by atoms with Crippen LogP contribution in [-0.4, -0.2) is 29.2 Å².